The summed E-state index contributed by atoms with van der Waals surface area (Å²) in [7, 11) is 1.97. The summed E-state index contributed by atoms with van der Waals surface area (Å²) >= 11 is 3.40. The van der Waals surface area contributed by atoms with Crippen molar-refractivity contribution in [1.29, 1.82) is 0 Å². The maximum absolute atomic E-state index is 12.5. The first-order valence-electron chi connectivity index (χ1n) is 9.87. The Balaban J connectivity index is 1.65. The number of fused-ring (bicyclic) bond motifs is 5. The molecule has 3 fully saturated rings. The topological polar surface area (TPSA) is 37.4 Å². The van der Waals surface area contributed by atoms with Crippen molar-refractivity contribution in [3.05, 3.63) is 12.2 Å². The van der Waals surface area contributed by atoms with Crippen LogP contribution in [0.2, 0.25) is 0 Å². The molecule has 7 atom stereocenters. The van der Waals surface area contributed by atoms with Gasteiger partial charge in [0.25, 0.3) is 0 Å². The Morgan fingerprint density at radius 3 is 2.68 bits per heavy atom. The van der Waals surface area contributed by atoms with Crippen LogP contribution in [0.4, 0.5) is 0 Å². The zero-order valence-electron chi connectivity index (χ0n) is 15.6. The largest absolute Gasteiger partial charge is 0.338 e. The molecule has 138 valence electrons. The second kappa shape index (κ2) is 5.94. The van der Waals surface area contributed by atoms with Crippen LogP contribution in [0.25, 0.3) is 0 Å². The SMILES string of the molecule is CN1C(=O)C=C[C@]2(C)C3CC[C@]4(C)[C@@H](C(=O)CBr)CC[C@H]4C3CC[C@@H]12. The van der Waals surface area contributed by atoms with Crippen molar-refractivity contribution in [3.8, 4) is 0 Å². The Morgan fingerprint density at radius 1 is 1.20 bits per heavy atom. The molecule has 2 unspecified atom stereocenters. The van der Waals surface area contributed by atoms with Gasteiger partial charge in [-0.2, -0.15) is 0 Å². The summed E-state index contributed by atoms with van der Waals surface area (Å²) in [5.41, 5.74) is 0.291. The van der Waals surface area contributed by atoms with Crippen LogP contribution in [0, 0.1) is 34.5 Å². The van der Waals surface area contributed by atoms with E-state index >= 15 is 0 Å². The standard InChI is InChI=1S/C21H30BrNO2/c1-20-10-8-15-13(14(20)5-6-16(20)17(24)12-22)4-7-18-21(15,2)11-9-19(25)23(18)3/h9,11,13-16,18H,4-8,10,12H2,1-3H3/t13?,14-,15?,16+,18+,20-,21+/m0/s1. The van der Waals surface area contributed by atoms with E-state index in [0.29, 0.717) is 34.9 Å². The minimum Gasteiger partial charge on any atom is -0.338 e. The monoisotopic (exact) mass is 407 g/mol. The van der Waals surface area contributed by atoms with E-state index < -0.39 is 0 Å². The minimum absolute atomic E-state index is 0.102. The molecule has 4 rings (SSSR count). The third-order valence-corrected chi connectivity index (χ3v) is 9.20. The third-order valence-electron chi connectivity index (χ3n) is 8.65. The first-order chi connectivity index (χ1) is 11.8. The molecule has 0 aromatic heterocycles. The number of Topliss-reactive ketones (excluding diaryl/α,β-unsaturated/α-hetero) is 1. The molecule has 1 aliphatic heterocycles. The summed E-state index contributed by atoms with van der Waals surface area (Å²) in [6, 6.07) is 0.344. The zero-order valence-corrected chi connectivity index (χ0v) is 17.2. The van der Waals surface area contributed by atoms with Gasteiger partial charge < -0.3 is 4.90 Å². The van der Waals surface area contributed by atoms with Gasteiger partial charge in [0.15, 0.2) is 0 Å². The number of amides is 1. The van der Waals surface area contributed by atoms with Crippen molar-refractivity contribution in [2.24, 2.45) is 34.5 Å². The van der Waals surface area contributed by atoms with Crippen LogP contribution in [-0.4, -0.2) is 35.0 Å². The van der Waals surface area contributed by atoms with Gasteiger partial charge in [-0.1, -0.05) is 35.9 Å². The molecule has 0 radical (unpaired) electrons. The first-order valence-corrected chi connectivity index (χ1v) is 11.0. The van der Waals surface area contributed by atoms with E-state index in [9.17, 15) is 9.59 Å². The highest BCUT2D eigenvalue weighted by atomic mass is 79.9. The number of alkyl halides is 1. The number of carbonyl (C=O) groups excluding carboxylic acids is 2. The molecule has 0 saturated heterocycles. The summed E-state index contributed by atoms with van der Waals surface area (Å²) in [6.07, 6.45) is 11.0. The molecule has 0 spiro atoms. The molecule has 4 aliphatic rings. The van der Waals surface area contributed by atoms with Crippen LogP contribution in [0.3, 0.4) is 0 Å². The van der Waals surface area contributed by atoms with Crippen LogP contribution in [0.15, 0.2) is 12.2 Å². The first kappa shape index (κ1) is 17.8. The summed E-state index contributed by atoms with van der Waals surface area (Å²) in [5, 5.41) is 0.503. The number of halogens is 1. The van der Waals surface area contributed by atoms with E-state index in [1.54, 1.807) is 6.08 Å². The second-order valence-corrected chi connectivity index (χ2v) is 9.95. The number of likely N-dealkylation sites (N-methyl/N-ethyl adjacent to an activating group) is 1. The highest BCUT2D eigenvalue weighted by Gasteiger charge is 2.61. The van der Waals surface area contributed by atoms with E-state index in [-0.39, 0.29) is 22.7 Å². The maximum Gasteiger partial charge on any atom is 0.246 e. The van der Waals surface area contributed by atoms with Crippen molar-refractivity contribution in [2.45, 2.75) is 58.4 Å². The van der Waals surface area contributed by atoms with E-state index in [0.717, 1.165) is 19.3 Å². The summed E-state index contributed by atoms with van der Waals surface area (Å²) in [5.74, 6) is 2.84. The predicted molar refractivity (Wildman–Crippen MR) is 102 cm³/mol. The fourth-order valence-electron chi connectivity index (χ4n) is 7.36. The molecule has 25 heavy (non-hydrogen) atoms. The number of nitrogens with zero attached hydrogens (tertiary/aromatic N) is 1. The molecule has 0 aromatic carbocycles. The second-order valence-electron chi connectivity index (χ2n) is 9.39. The zero-order chi connectivity index (χ0) is 18.0. The van der Waals surface area contributed by atoms with Crippen LogP contribution >= 0.6 is 15.9 Å². The lowest BCUT2D eigenvalue weighted by atomic mass is 9.47. The third kappa shape index (κ3) is 2.35. The number of ketones is 1. The molecule has 3 aliphatic carbocycles. The Bertz CT molecular complexity index is 631. The van der Waals surface area contributed by atoms with Crippen LogP contribution in [0.5, 0.6) is 0 Å². The summed E-state index contributed by atoms with van der Waals surface area (Å²) in [6.45, 7) is 4.78. The fraction of sp³-hybridized carbons (Fsp3) is 0.810. The van der Waals surface area contributed by atoms with Gasteiger partial charge in [-0.05, 0) is 67.8 Å². The van der Waals surface area contributed by atoms with E-state index in [4.69, 9.17) is 0 Å². The molecule has 0 bridgehead atoms. The molecule has 1 amide bonds. The molecule has 3 saturated carbocycles. The van der Waals surface area contributed by atoms with Gasteiger partial charge in [0.2, 0.25) is 5.91 Å². The lowest BCUT2D eigenvalue weighted by Crippen LogP contribution is -2.59. The highest BCUT2D eigenvalue weighted by molar-refractivity contribution is 9.09. The number of hydrogen-bond acceptors (Lipinski definition) is 2. The average molecular weight is 408 g/mol. The quantitative estimate of drug-likeness (QED) is 0.642. The molecule has 0 N–H and O–H groups in total. The van der Waals surface area contributed by atoms with Crippen molar-refractivity contribution in [1.82, 2.24) is 4.90 Å². The van der Waals surface area contributed by atoms with Gasteiger partial charge in [0, 0.05) is 24.4 Å². The minimum atomic E-state index is 0.102. The van der Waals surface area contributed by atoms with Gasteiger partial charge >= 0.3 is 0 Å². The normalized spacial score (nSPS) is 48.7. The molecule has 0 aromatic rings. The Hall–Kier alpha value is -0.640. The van der Waals surface area contributed by atoms with Crippen LogP contribution in [0.1, 0.15) is 52.4 Å². The predicted octanol–water partition coefficient (Wildman–Crippen LogP) is 4.21. The Labute approximate surface area is 159 Å². The van der Waals surface area contributed by atoms with Gasteiger partial charge in [-0.25, -0.2) is 0 Å². The van der Waals surface area contributed by atoms with Gasteiger partial charge in [-0.15, -0.1) is 0 Å². The molecule has 4 heteroatoms. The van der Waals surface area contributed by atoms with Crippen LogP contribution in [-0.2, 0) is 9.59 Å². The van der Waals surface area contributed by atoms with Gasteiger partial charge in [0.05, 0.1) is 5.33 Å². The van der Waals surface area contributed by atoms with Crippen molar-refractivity contribution in [3.63, 3.8) is 0 Å². The van der Waals surface area contributed by atoms with E-state index in [1.165, 1.54) is 19.3 Å². The Morgan fingerprint density at radius 2 is 1.96 bits per heavy atom. The number of hydrogen-bond donors (Lipinski definition) is 0. The highest BCUT2D eigenvalue weighted by Crippen LogP contribution is 2.65. The molecular formula is C21H30BrNO2. The molecular weight excluding hydrogens is 378 g/mol. The average Bonchev–Trinajstić information content (AvgIpc) is 2.95. The van der Waals surface area contributed by atoms with Crippen molar-refractivity contribution >= 4 is 27.6 Å². The van der Waals surface area contributed by atoms with Crippen LogP contribution < -0.4 is 0 Å². The maximum atomic E-state index is 12.5. The van der Waals surface area contributed by atoms with E-state index in [1.807, 2.05) is 11.9 Å². The Kier molecular flexibility index (Phi) is 4.22. The van der Waals surface area contributed by atoms with Gasteiger partial charge in [-0.3, -0.25) is 9.59 Å². The fourth-order valence-corrected chi connectivity index (χ4v) is 7.75. The molecule has 3 nitrogen and oxygen atoms in total. The molecule has 1 heterocycles. The summed E-state index contributed by atoms with van der Waals surface area (Å²) < 4.78 is 0. The number of rotatable bonds is 2. The lowest BCUT2D eigenvalue weighted by molar-refractivity contribution is -0.141. The van der Waals surface area contributed by atoms with Crippen molar-refractivity contribution < 1.29 is 9.59 Å². The van der Waals surface area contributed by atoms with Gasteiger partial charge in [0.1, 0.15) is 5.78 Å². The van der Waals surface area contributed by atoms with E-state index in [2.05, 4.69) is 35.9 Å². The number of carbonyl (C=O) groups is 2. The smallest absolute Gasteiger partial charge is 0.246 e. The van der Waals surface area contributed by atoms with Crippen molar-refractivity contribution in [2.75, 3.05) is 12.4 Å². The summed E-state index contributed by atoms with van der Waals surface area (Å²) in [4.78, 5) is 26.6. The lowest BCUT2D eigenvalue weighted by Gasteiger charge is -2.60.